The Hall–Kier alpha value is -2.94. The number of hydrogen-bond donors (Lipinski definition) is 2. The lowest BCUT2D eigenvalue weighted by Gasteiger charge is -2.09. The molecule has 2 atom stereocenters. The highest BCUT2D eigenvalue weighted by Crippen LogP contribution is 2.35. The van der Waals surface area contributed by atoms with Crippen LogP contribution in [0.5, 0.6) is 0 Å². The Balaban J connectivity index is 1.29. The Morgan fingerprint density at radius 3 is 2.77 bits per heavy atom. The molecule has 2 unspecified atom stereocenters. The van der Waals surface area contributed by atoms with Gasteiger partial charge in [-0.2, -0.15) is 13.2 Å². The van der Waals surface area contributed by atoms with E-state index in [0.717, 1.165) is 37.1 Å². The summed E-state index contributed by atoms with van der Waals surface area (Å²) in [5, 5.41) is 14.3. The summed E-state index contributed by atoms with van der Waals surface area (Å²) in [6.45, 7) is 3.20. The highest BCUT2D eigenvalue weighted by molar-refractivity contribution is 5.60. The minimum Gasteiger partial charge on any atom is -0.407 e. The van der Waals surface area contributed by atoms with E-state index < -0.39 is 11.7 Å². The molecule has 0 bridgehead atoms. The van der Waals surface area contributed by atoms with Gasteiger partial charge < -0.3 is 15.1 Å². The average Bonchev–Trinajstić information content (AvgIpc) is 3.31. The molecule has 1 aromatic carbocycles. The fourth-order valence-corrected chi connectivity index (χ4v) is 3.36. The number of benzene rings is 1. The van der Waals surface area contributed by atoms with E-state index >= 15 is 0 Å². The third kappa shape index (κ3) is 4.96. The lowest BCUT2D eigenvalue weighted by Crippen LogP contribution is -2.18. The number of anilines is 1. The summed E-state index contributed by atoms with van der Waals surface area (Å²) in [5.74, 6) is 1.03. The van der Waals surface area contributed by atoms with Gasteiger partial charge in [0.1, 0.15) is 0 Å². The zero-order valence-electron chi connectivity index (χ0n) is 16.4. The van der Waals surface area contributed by atoms with Crippen LogP contribution >= 0.6 is 0 Å². The molecule has 9 heteroatoms. The van der Waals surface area contributed by atoms with Gasteiger partial charge >= 0.3 is 12.2 Å². The fraction of sp³-hybridized carbons (Fsp3) is 0.381. The van der Waals surface area contributed by atoms with E-state index in [1.165, 1.54) is 6.07 Å². The van der Waals surface area contributed by atoms with Crippen molar-refractivity contribution in [3.8, 4) is 11.3 Å². The summed E-state index contributed by atoms with van der Waals surface area (Å²) >= 11 is 0. The molecule has 0 radical (unpaired) electrons. The van der Waals surface area contributed by atoms with Crippen molar-refractivity contribution >= 4 is 6.01 Å². The molecule has 6 nitrogen and oxygen atoms in total. The SMILES string of the molecule is CCNc1nnc(CNC2CC2Cc2ccc(-c3cccc(C(F)(F)F)c3)nc2)o1. The van der Waals surface area contributed by atoms with Crippen molar-refractivity contribution in [3.05, 3.63) is 59.6 Å². The average molecular weight is 417 g/mol. The van der Waals surface area contributed by atoms with Crippen molar-refractivity contribution in [2.75, 3.05) is 11.9 Å². The molecule has 158 valence electrons. The normalized spacial score (nSPS) is 18.4. The maximum atomic E-state index is 12.9. The first-order chi connectivity index (χ1) is 14.4. The predicted octanol–water partition coefficient (Wildman–Crippen LogP) is 4.30. The first-order valence-corrected chi connectivity index (χ1v) is 9.84. The van der Waals surface area contributed by atoms with Gasteiger partial charge in [0.25, 0.3) is 0 Å². The monoisotopic (exact) mass is 417 g/mol. The van der Waals surface area contributed by atoms with Crippen LogP contribution in [0.25, 0.3) is 11.3 Å². The lowest BCUT2D eigenvalue weighted by molar-refractivity contribution is -0.137. The Labute approximate surface area is 171 Å². The standard InChI is InChI=1S/C21H22F3N5O/c1-2-25-20-29-28-19(30-20)12-27-18-10-15(18)8-13-6-7-17(26-11-13)14-4-3-5-16(9-14)21(22,23)24/h3-7,9,11,15,18,27H,2,8,10,12H2,1H3,(H,25,29). The first kappa shape index (κ1) is 20.3. The highest BCUT2D eigenvalue weighted by atomic mass is 19.4. The Kier molecular flexibility index (Phi) is 5.72. The molecule has 2 heterocycles. The van der Waals surface area contributed by atoms with E-state index in [1.807, 2.05) is 13.0 Å². The summed E-state index contributed by atoms with van der Waals surface area (Å²) in [6, 6.07) is 9.73. The van der Waals surface area contributed by atoms with Gasteiger partial charge in [0.15, 0.2) is 0 Å². The third-order valence-corrected chi connectivity index (χ3v) is 5.04. The van der Waals surface area contributed by atoms with E-state index in [0.29, 0.717) is 41.7 Å². The van der Waals surface area contributed by atoms with E-state index in [2.05, 4.69) is 25.8 Å². The molecule has 0 spiro atoms. The maximum absolute atomic E-state index is 12.9. The summed E-state index contributed by atoms with van der Waals surface area (Å²) < 4.78 is 44.2. The Morgan fingerprint density at radius 1 is 1.17 bits per heavy atom. The second kappa shape index (κ2) is 8.43. The third-order valence-electron chi connectivity index (χ3n) is 5.04. The van der Waals surface area contributed by atoms with Crippen LogP contribution in [-0.4, -0.2) is 27.8 Å². The zero-order valence-corrected chi connectivity index (χ0v) is 16.4. The summed E-state index contributed by atoms with van der Waals surface area (Å²) in [4.78, 5) is 4.36. The summed E-state index contributed by atoms with van der Waals surface area (Å²) in [7, 11) is 0. The van der Waals surface area contributed by atoms with Crippen molar-refractivity contribution in [3.63, 3.8) is 0 Å². The highest BCUT2D eigenvalue weighted by Gasteiger charge is 2.36. The van der Waals surface area contributed by atoms with Crippen molar-refractivity contribution in [1.29, 1.82) is 0 Å². The van der Waals surface area contributed by atoms with Gasteiger partial charge in [-0.1, -0.05) is 23.3 Å². The van der Waals surface area contributed by atoms with Crippen LogP contribution in [0.3, 0.4) is 0 Å². The molecular formula is C21H22F3N5O. The molecule has 2 N–H and O–H groups in total. The smallest absolute Gasteiger partial charge is 0.407 e. The zero-order chi connectivity index (χ0) is 21.1. The lowest BCUT2D eigenvalue weighted by atomic mass is 10.1. The largest absolute Gasteiger partial charge is 0.416 e. The molecule has 1 aliphatic rings. The van der Waals surface area contributed by atoms with Crippen molar-refractivity contribution in [1.82, 2.24) is 20.5 Å². The number of nitrogens with one attached hydrogen (secondary N) is 2. The van der Waals surface area contributed by atoms with Crippen LogP contribution in [0.1, 0.15) is 30.4 Å². The molecule has 0 aliphatic heterocycles. The van der Waals surface area contributed by atoms with Crippen LogP contribution in [-0.2, 0) is 19.1 Å². The minimum absolute atomic E-state index is 0.377. The van der Waals surface area contributed by atoms with E-state index in [1.54, 1.807) is 18.3 Å². The maximum Gasteiger partial charge on any atom is 0.416 e. The molecule has 1 aliphatic carbocycles. The Morgan fingerprint density at radius 2 is 2.03 bits per heavy atom. The second-order valence-corrected chi connectivity index (χ2v) is 7.35. The molecular weight excluding hydrogens is 395 g/mol. The number of halogens is 3. The van der Waals surface area contributed by atoms with Crippen molar-refractivity contribution < 1.29 is 17.6 Å². The van der Waals surface area contributed by atoms with E-state index in [-0.39, 0.29) is 0 Å². The van der Waals surface area contributed by atoms with Crippen molar-refractivity contribution in [2.45, 2.75) is 38.5 Å². The van der Waals surface area contributed by atoms with Crippen LogP contribution in [0, 0.1) is 5.92 Å². The summed E-state index contributed by atoms with van der Waals surface area (Å²) in [6.07, 6.45) is -0.714. The van der Waals surface area contributed by atoms with Gasteiger partial charge in [0, 0.05) is 24.3 Å². The van der Waals surface area contributed by atoms with Gasteiger partial charge in [0.2, 0.25) is 5.89 Å². The molecule has 0 saturated heterocycles. The van der Waals surface area contributed by atoms with Crippen molar-refractivity contribution in [2.24, 2.45) is 5.92 Å². The molecule has 3 aromatic rings. The molecule has 0 amide bonds. The number of hydrogen-bond acceptors (Lipinski definition) is 6. The van der Waals surface area contributed by atoms with Gasteiger partial charge in [-0.25, -0.2) is 0 Å². The molecule has 4 rings (SSSR count). The van der Waals surface area contributed by atoms with Gasteiger partial charge in [-0.05, 0) is 49.4 Å². The summed E-state index contributed by atoms with van der Waals surface area (Å²) in [5.41, 5.74) is 1.38. The number of alkyl halides is 3. The molecule has 1 saturated carbocycles. The van der Waals surface area contributed by atoms with Crippen LogP contribution in [0.4, 0.5) is 19.2 Å². The fourth-order valence-electron chi connectivity index (χ4n) is 3.36. The van der Waals surface area contributed by atoms with Gasteiger partial charge in [-0.3, -0.25) is 4.98 Å². The second-order valence-electron chi connectivity index (χ2n) is 7.35. The first-order valence-electron chi connectivity index (χ1n) is 9.84. The number of rotatable bonds is 8. The van der Waals surface area contributed by atoms with Gasteiger partial charge in [0.05, 0.1) is 17.8 Å². The van der Waals surface area contributed by atoms with Crippen LogP contribution in [0.2, 0.25) is 0 Å². The number of pyridine rings is 1. The minimum atomic E-state index is -4.36. The van der Waals surface area contributed by atoms with Crippen LogP contribution < -0.4 is 10.6 Å². The molecule has 2 aromatic heterocycles. The van der Waals surface area contributed by atoms with E-state index in [9.17, 15) is 13.2 Å². The topological polar surface area (TPSA) is 75.9 Å². The predicted molar refractivity (Wildman–Crippen MR) is 106 cm³/mol. The quantitative estimate of drug-likeness (QED) is 0.569. The number of aromatic nitrogens is 3. The molecule has 30 heavy (non-hydrogen) atoms. The number of nitrogens with zero attached hydrogens (tertiary/aromatic N) is 3. The van der Waals surface area contributed by atoms with Crippen LogP contribution in [0.15, 0.2) is 47.0 Å². The molecule has 1 fully saturated rings. The van der Waals surface area contributed by atoms with E-state index in [4.69, 9.17) is 4.42 Å². The Bertz CT molecular complexity index is 987. The van der Waals surface area contributed by atoms with Gasteiger partial charge in [-0.15, -0.1) is 5.10 Å².